The van der Waals surface area contributed by atoms with Crippen molar-refractivity contribution in [1.29, 1.82) is 0 Å². The number of carbonyl (C=O) groups excluding carboxylic acids is 1. The van der Waals surface area contributed by atoms with Gasteiger partial charge in [-0.15, -0.1) is 0 Å². The molecule has 1 saturated heterocycles. The Balaban J connectivity index is 2.02. The number of hydrogen-bond donors (Lipinski definition) is 2. The van der Waals surface area contributed by atoms with Crippen LogP contribution in [0, 0.1) is 5.92 Å². The number of aliphatic carboxylic acids is 1. The molecule has 20 heavy (non-hydrogen) atoms. The maximum atomic E-state index is 12.2. The Morgan fingerprint density at radius 1 is 1.30 bits per heavy atom. The summed E-state index contributed by atoms with van der Waals surface area (Å²) >= 11 is 0. The lowest BCUT2D eigenvalue weighted by Gasteiger charge is -2.27. The molecule has 8 heteroatoms. The van der Waals surface area contributed by atoms with E-state index >= 15 is 0 Å². The maximum Gasteiger partial charge on any atom is 0.323 e. The van der Waals surface area contributed by atoms with Gasteiger partial charge in [-0.25, -0.2) is 8.42 Å². The largest absolute Gasteiger partial charge is 0.480 e. The first-order valence-electron chi connectivity index (χ1n) is 6.76. The first kappa shape index (κ1) is 15.2. The zero-order valence-electron chi connectivity index (χ0n) is 11.2. The molecule has 1 amide bonds. The number of carboxylic acid groups (broad SMARTS) is 1. The second kappa shape index (κ2) is 5.69. The first-order chi connectivity index (χ1) is 9.28. The summed E-state index contributed by atoms with van der Waals surface area (Å²) in [4.78, 5) is 24.3. The third-order valence-electron chi connectivity index (χ3n) is 3.91. The third-order valence-corrected chi connectivity index (χ3v) is 5.66. The van der Waals surface area contributed by atoms with Gasteiger partial charge in [-0.05, 0) is 25.2 Å². The van der Waals surface area contributed by atoms with Crippen molar-refractivity contribution in [3.63, 3.8) is 0 Å². The van der Waals surface area contributed by atoms with Crippen LogP contribution in [-0.2, 0) is 19.4 Å². The summed E-state index contributed by atoms with van der Waals surface area (Å²) in [7, 11) is -3.16. The minimum absolute atomic E-state index is 0.00967. The van der Waals surface area contributed by atoms with Gasteiger partial charge in [-0.1, -0.05) is 0 Å². The van der Waals surface area contributed by atoms with E-state index in [4.69, 9.17) is 10.8 Å². The molecule has 1 saturated carbocycles. The van der Waals surface area contributed by atoms with E-state index < -0.39 is 28.4 Å². The molecule has 2 aliphatic rings. The van der Waals surface area contributed by atoms with Gasteiger partial charge < -0.3 is 15.7 Å². The monoisotopic (exact) mass is 304 g/mol. The molecule has 0 aromatic heterocycles. The van der Waals surface area contributed by atoms with Gasteiger partial charge in [0.25, 0.3) is 0 Å². The van der Waals surface area contributed by atoms with Crippen LogP contribution in [0.1, 0.15) is 25.7 Å². The maximum absolute atomic E-state index is 12.2. The lowest BCUT2D eigenvalue weighted by atomic mass is 10.1. The molecular formula is C12H20N2O5S. The zero-order valence-corrected chi connectivity index (χ0v) is 12.0. The number of amides is 1. The molecular weight excluding hydrogens is 284 g/mol. The highest BCUT2D eigenvalue weighted by atomic mass is 32.2. The molecule has 2 fully saturated rings. The summed E-state index contributed by atoms with van der Waals surface area (Å²) in [5, 5.41) is 8.90. The van der Waals surface area contributed by atoms with E-state index in [0.29, 0.717) is 12.3 Å². The van der Waals surface area contributed by atoms with Gasteiger partial charge in [0.05, 0.1) is 11.5 Å². The highest BCUT2D eigenvalue weighted by Gasteiger charge is 2.37. The number of hydrogen-bond acceptors (Lipinski definition) is 5. The van der Waals surface area contributed by atoms with Gasteiger partial charge in [-0.3, -0.25) is 9.59 Å². The van der Waals surface area contributed by atoms with Crippen LogP contribution in [-0.4, -0.2) is 60.4 Å². The Hall–Kier alpha value is -1.15. The van der Waals surface area contributed by atoms with E-state index in [1.165, 1.54) is 4.90 Å². The van der Waals surface area contributed by atoms with E-state index in [1.54, 1.807) is 0 Å². The highest BCUT2D eigenvalue weighted by Crippen LogP contribution is 2.33. The van der Waals surface area contributed by atoms with E-state index in [0.717, 1.165) is 12.8 Å². The van der Waals surface area contributed by atoms with Gasteiger partial charge in [0, 0.05) is 18.5 Å². The third kappa shape index (κ3) is 3.92. The summed E-state index contributed by atoms with van der Waals surface area (Å²) in [5.41, 5.74) is 5.89. The van der Waals surface area contributed by atoms with Crippen molar-refractivity contribution in [2.24, 2.45) is 11.7 Å². The second-order valence-corrected chi connectivity index (χ2v) is 7.91. The average molecular weight is 304 g/mol. The molecule has 0 aromatic rings. The van der Waals surface area contributed by atoms with Crippen molar-refractivity contribution in [2.45, 2.75) is 37.8 Å². The van der Waals surface area contributed by atoms with Crippen LogP contribution in [0.15, 0.2) is 0 Å². The van der Waals surface area contributed by atoms with E-state index in [2.05, 4.69) is 0 Å². The van der Waals surface area contributed by atoms with Crippen molar-refractivity contribution in [2.75, 3.05) is 18.1 Å². The molecule has 7 nitrogen and oxygen atoms in total. The molecule has 2 atom stereocenters. The van der Waals surface area contributed by atoms with Gasteiger partial charge in [0.2, 0.25) is 5.91 Å². The van der Waals surface area contributed by atoms with Gasteiger partial charge in [-0.2, -0.15) is 0 Å². The van der Waals surface area contributed by atoms with Crippen LogP contribution >= 0.6 is 0 Å². The predicted octanol–water partition coefficient (Wildman–Crippen LogP) is -0.786. The molecule has 0 spiro atoms. The summed E-state index contributed by atoms with van der Waals surface area (Å²) < 4.78 is 23.0. The van der Waals surface area contributed by atoms with Crippen LogP contribution in [0.4, 0.5) is 0 Å². The quantitative estimate of drug-likeness (QED) is 0.664. The summed E-state index contributed by atoms with van der Waals surface area (Å²) in [5.74, 6) is -1.28. The van der Waals surface area contributed by atoms with E-state index in [1.807, 2.05) is 0 Å². The predicted molar refractivity (Wildman–Crippen MR) is 71.7 cm³/mol. The second-order valence-electron chi connectivity index (χ2n) is 5.68. The summed E-state index contributed by atoms with van der Waals surface area (Å²) in [6.45, 7) is -0.462. The fourth-order valence-corrected chi connectivity index (χ4v) is 4.33. The van der Waals surface area contributed by atoms with Crippen LogP contribution in [0.2, 0.25) is 0 Å². The smallest absolute Gasteiger partial charge is 0.323 e. The Bertz CT molecular complexity index is 500. The lowest BCUT2D eigenvalue weighted by Crippen LogP contribution is -2.46. The molecule has 0 aromatic carbocycles. The number of nitrogens with two attached hydrogens (primary N) is 1. The highest BCUT2D eigenvalue weighted by molar-refractivity contribution is 7.91. The summed E-state index contributed by atoms with van der Waals surface area (Å²) in [6.07, 6.45) is 2.41. The first-order valence-corrected chi connectivity index (χ1v) is 8.58. The molecule has 0 bridgehead atoms. The summed E-state index contributed by atoms with van der Waals surface area (Å²) in [6, 6.07) is -0.785. The van der Waals surface area contributed by atoms with E-state index in [-0.39, 0.29) is 29.9 Å². The van der Waals surface area contributed by atoms with Crippen LogP contribution in [0.5, 0.6) is 0 Å². The number of nitrogens with zero attached hydrogens (tertiary/aromatic N) is 1. The van der Waals surface area contributed by atoms with Crippen molar-refractivity contribution in [3.8, 4) is 0 Å². The van der Waals surface area contributed by atoms with Gasteiger partial charge in [0.15, 0.2) is 9.84 Å². The minimum atomic E-state index is -3.16. The van der Waals surface area contributed by atoms with Crippen LogP contribution in [0.3, 0.4) is 0 Å². The van der Waals surface area contributed by atoms with Crippen molar-refractivity contribution in [1.82, 2.24) is 4.90 Å². The molecule has 2 unspecified atom stereocenters. The van der Waals surface area contributed by atoms with Crippen molar-refractivity contribution >= 4 is 21.7 Å². The Morgan fingerprint density at radius 2 is 1.95 bits per heavy atom. The number of carbonyl (C=O) groups is 2. The minimum Gasteiger partial charge on any atom is -0.480 e. The van der Waals surface area contributed by atoms with Crippen LogP contribution < -0.4 is 5.73 Å². The average Bonchev–Trinajstić information content (AvgIpc) is 3.10. The van der Waals surface area contributed by atoms with Crippen molar-refractivity contribution < 1.29 is 23.1 Å². The Morgan fingerprint density at radius 3 is 2.40 bits per heavy atom. The zero-order chi connectivity index (χ0) is 14.9. The number of sulfone groups is 1. The molecule has 1 aliphatic heterocycles. The SMILES string of the molecule is NC(CC(=O)N(CC(=O)O)C1CCS(=O)(=O)C1)C1CC1. The van der Waals surface area contributed by atoms with Gasteiger partial charge >= 0.3 is 5.97 Å². The fourth-order valence-electron chi connectivity index (χ4n) is 2.60. The molecule has 114 valence electrons. The molecule has 1 heterocycles. The van der Waals surface area contributed by atoms with Gasteiger partial charge in [0.1, 0.15) is 6.54 Å². The molecule has 3 N–H and O–H groups in total. The van der Waals surface area contributed by atoms with E-state index in [9.17, 15) is 18.0 Å². The molecule has 2 rings (SSSR count). The topological polar surface area (TPSA) is 118 Å². The number of rotatable bonds is 6. The lowest BCUT2D eigenvalue weighted by molar-refractivity contribution is -0.146. The molecule has 0 radical (unpaired) electrons. The van der Waals surface area contributed by atoms with Crippen LogP contribution in [0.25, 0.3) is 0 Å². The standard InChI is InChI=1S/C12H20N2O5S/c13-10(8-1-2-8)5-11(15)14(6-12(16)17)9-3-4-20(18,19)7-9/h8-10H,1-7,13H2,(H,16,17). The normalized spacial score (nSPS) is 26.1. The fraction of sp³-hybridized carbons (Fsp3) is 0.833. The van der Waals surface area contributed by atoms with Crippen molar-refractivity contribution in [3.05, 3.63) is 0 Å². The number of carboxylic acids is 1. The molecule has 1 aliphatic carbocycles. The Labute approximate surface area is 118 Å². The Kier molecular flexibility index (Phi) is 4.33.